The van der Waals surface area contributed by atoms with Crippen LogP contribution >= 0.6 is 23.1 Å². The van der Waals surface area contributed by atoms with E-state index in [9.17, 15) is 0 Å². The van der Waals surface area contributed by atoms with Crippen LogP contribution in [0.1, 0.15) is 16.9 Å². The summed E-state index contributed by atoms with van der Waals surface area (Å²) in [4.78, 5) is 1.43. The molecular weight excluding hydrogens is 302 g/mol. The Kier molecular flexibility index (Phi) is 7.37. The number of aryl methyl sites for hydroxylation is 2. The van der Waals surface area contributed by atoms with E-state index in [1.54, 1.807) is 16.4 Å². The number of hydrogen-bond acceptors (Lipinski definition) is 6. The third kappa shape index (κ3) is 5.10. The maximum Gasteiger partial charge on any atom is 0.209 e. The molecule has 5 nitrogen and oxygen atoms in total. The van der Waals surface area contributed by atoms with Gasteiger partial charge in [0.05, 0.1) is 0 Å². The molecule has 2 aromatic rings. The Morgan fingerprint density at radius 2 is 2.32 bits per heavy atom. The molecule has 0 radical (unpaired) electrons. The molecule has 0 spiro atoms. The predicted molar refractivity (Wildman–Crippen MR) is 74.9 cm³/mol. The molecule has 0 saturated heterocycles. The largest absolute Gasteiger partial charge is 1.00 e. The van der Waals surface area contributed by atoms with Gasteiger partial charge in [0, 0.05) is 24.2 Å². The van der Waals surface area contributed by atoms with Gasteiger partial charge >= 0.3 is 0 Å². The van der Waals surface area contributed by atoms with Crippen LogP contribution in [-0.4, -0.2) is 32.5 Å². The number of nitrogens with zero attached hydrogens (tertiary/aromatic N) is 4. The van der Waals surface area contributed by atoms with Gasteiger partial charge in [0.1, 0.15) is 0 Å². The lowest BCUT2D eigenvalue weighted by Crippen LogP contribution is -3.00. The minimum atomic E-state index is 0. The number of rotatable bonds is 7. The van der Waals surface area contributed by atoms with Crippen molar-refractivity contribution in [1.29, 1.82) is 0 Å². The summed E-state index contributed by atoms with van der Waals surface area (Å²) >= 11 is 3.51. The zero-order valence-electron chi connectivity index (χ0n) is 11.0. The molecule has 0 saturated carbocycles. The number of nitrogens with one attached hydrogen (secondary N) is 1. The minimum Gasteiger partial charge on any atom is -1.00 e. The van der Waals surface area contributed by atoms with Crippen LogP contribution in [0, 0.1) is 6.92 Å². The SMILES string of the molecule is Cc1ccsc1CNCCCSc1nnnn1C.[Cl-]. The van der Waals surface area contributed by atoms with Gasteiger partial charge in [-0.25, -0.2) is 4.68 Å². The number of aromatic nitrogens is 4. The Balaban J connectivity index is 0.00000180. The molecule has 0 aliphatic heterocycles. The van der Waals surface area contributed by atoms with Crippen molar-refractivity contribution in [3.05, 3.63) is 21.9 Å². The van der Waals surface area contributed by atoms with Gasteiger partial charge in [-0.05, 0) is 47.3 Å². The maximum absolute atomic E-state index is 3.93. The quantitative estimate of drug-likeness (QED) is 0.516. The van der Waals surface area contributed by atoms with Crippen molar-refractivity contribution in [1.82, 2.24) is 25.5 Å². The lowest BCUT2D eigenvalue weighted by Gasteiger charge is -2.03. The molecule has 0 fully saturated rings. The first-order valence-electron chi connectivity index (χ1n) is 5.86. The van der Waals surface area contributed by atoms with Crippen LogP contribution in [0.3, 0.4) is 0 Å². The lowest BCUT2D eigenvalue weighted by molar-refractivity contribution is -0.00000394. The first kappa shape index (κ1) is 16.4. The molecule has 8 heteroatoms. The van der Waals surface area contributed by atoms with Crippen molar-refractivity contribution in [2.75, 3.05) is 12.3 Å². The van der Waals surface area contributed by atoms with Crippen LogP contribution in [0.25, 0.3) is 0 Å². The van der Waals surface area contributed by atoms with Crippen molar-refractivity contribution in [3.63, 3.8) is 0 Å². The van der Waals surface area contributed by atoms with Gasteiger partial charge in [-0.1, -0.05) is 11.8 Å². The summed E-state index contributed by atoms with van der Waals surface area (Å²) in [6.07, 6.45) is 1.11. The van der Waals surface area contributed by atoms with E-state index in [0.717, 1.165) is 30.4 Å². The first-order valence-corrected chi connectivity index (χ1v) is 7.72. The monoisotopic (exact) mass is 318 g/mol. The standard InChI is InChI=1S/C11H17N5S2.ClH/c1-9-4-7-17-10(9)8-12-5-3-6-18-11-13-14-15-16(11)2;/h4,7,12H,3,5-6,8H2,1-2H3;1H/p-1. The average molecular weight is 319 g/mol. The van der Waals surface area contributed by atoms with Gasteiger partial charge in [0.15, 0.2) is 0 Å². The summed E-state index contributed by atoms with van der Waals surface area (Å²) in [6.45, 7) is 4.15. The summed E-state index contributed by atoms with van der Waals surface area (Å²) in [5.74, 6) is 1.03. The second kappa shape index (κ2) is 8.52. The molecule has 0 atom stereocenters. The Morgan fingerprint density at radius 1 is 1.47 bits per heavy atom. The highest BCUT2D eigenvalue weighted by atomic mass is 35.5. The highest BCUT2D eigenvalue weighted by Gasteiger charge is 2.02. The van der Waals surface area contributed by atoms with Gasteiger partial charge in [0.2, 0.25) is 5.16 Å². The second-order valence-electron chi connectivity index (χ2n) is 3.99. The number of halogens is 1. The second-order valence-corrected chi connectivity index (χ2v) is 6.05. The molecule has 106 valence electrons. The van der Waals surface area contributed by atoms with Crippen LogP contribution in [0.4, 0.5) is 0 Å². The molecule has 2 heterocycles. The number of thioether (sulfide) groups is 1. The van der Waals surface area contributed by atoms with Gasteiger partial charge in [-0.15, -0.1) is 16.4 Å². The van der Waals surface area contributed by atoms with Gasteiger partial charge in [-0.3, -0.25) is 0 Å². The molecular formula is C11H17ClN5S2-. The maximum atomic E-state index is 3.93. The summed E-state index contributed by atoms with van der Waals surface area (Å²) in [5.41, 5.74) is 1.38. The predicted octanol–water partition coefficient (Wildman–Crippen LogP) is -1.14. The molecule has 0 bridgehead atoms. The zero-order chi connectivity index (χ0) is 12.8. The van der Waals surface area contributed by atoms with E-state index in [4.69, 9.17) is 0 Å². The normalized spacial score (nSPS) is 10.4. The molecule has 2 rings (SSSR count). The van der Waals surface area contributed by atoms with E-state index in [-0.39, 0.29) is 12.4 Å². The Hall–Kier alpha value is -0.630. The molecule has 2 aromatic heterocycles. The smallest absolute Gasteiger partial charge is 0.209 e. The van der Waals surface area contributed by atoms with E-state index in [2.05, 4.69) is 39.2 Å². The molecule has 1 N–H and O–H groups in total. The Labute approximate surface area is 127 Å². The number of thiophene rings is 1. The molecule has 0 amide bonds. The van der Waals surface area contributed by atoms with Crippen molar-refractivity contribution in [2.24, 2.45) is 7.05 Å². The molecule has 19 heavy (non-hydrogen) atoms. The van der Waals surface area contributed by atoms with Crippen molar-refractivity contribution in [2.45, 2.75) is 25.0 Å². The van der Waals surface area contributed by atoms with Crippen molar-refractivity contribution < 1.29 is 12.4 Å². The first-order chi connectivity index (χ1) is 8.77. The fourth-order valence-electron chi connectivity index (χ4n) is 1.49. The Bertz CT molecular complexity index is 441. The summed E-state index contributed by atoms with van der Waals surface area (Å²) in [7, 11) is 1.86. The van der Waals surface area contributed by atoms with Crippen molar-refractivity contribution in [3.8, 4) is 0 Å². The fourth-order valence-corrected chi connectivity index (χ4v) is 3.16. The van der Waals surface area contributed by atoms with Crippen LogP contribution in [0.5, 0.6) is 0 Å². The van der Waals surface area contributed by atoms with Gasteiger partial charge in [-0.2, -0.15) is 0 Å². The molecule has 0 aliphatic carbocycles. The number of hydrogen-bond donors (Lipinski definition) is 1. The average Bonchev–Trinajstić information content (AvgIpc) is 2.94. The summed E-state index contributed by atoms with van der Waals surface area (Å²) in [5, 5.41) is 17.8. The molecule has 0 aliphatic rings. The van der Waals surface area contributed by atoms with Gasteiger partial charge in [0.25, 0.3) is 0 Å². The zero-order valence-corrected chi connectivity index (χ0v) is 13.4. The molecule has 0 unspecified atom stereocenters. The van der Waals surface area contributed by atoms with E-state index >= 15 is 0 Å². The highest BCUT2D eigenvalue weighted by molar-refractivity contribution is 7.99. The summed E-state index contributed by atoms with van der Waals surface area (Å²) in [6, 6.07) is 2.17. The fraction of sp³-hybridized carbons (Fsp3) is 0.545. The van der Waals surface area contributed by atoms with Crippen LogP contribution in [0.15, 0.2) is 16.6 Å². The third-order valence-electron chi connectivity index (χ3n) is 2.56. The minimum absolute atomic E-state index is 0. The molecule has 0 aromatic carbocycles. The van der Waals surface area contributed by atoms with Crippen LogP contribution in [-0.2, 0) is 13.6 Å². The van der Waals surface area contributed by atoms with Crippen LogP contribution < -0.4 is 17.7 Å². The lowest BCUT2D eigenvalue weighted by atomic mass is 10.3. The topological polar surface area (TPSA) is 55.6 Å². The van der Waals surface area contributed by atoms with Gasteiger partial charge < -0.3 is 17.7 Å². The van der Waals surface area contributed by atoms with Crippen molar-refractivity contribution >= 4 is 23.1 Å². The Morgan fingerprint density at radius 3 is 2.95 bits per heavy atom. The summed E-state index contributed by atoms with van der Waals surface area (Å²) < 4.78 is 1.70. The van der Waals surface area contributed by atoms with E-state index in [1.807, 2.05) is 18.4 Å². The van der Waals surface area contributed by atoms with E-state index < -0.39 is 0 Å². The number of tetrazole rings is 1. The van der Waals surface area contributed by atoms with E-state index in [0.29, 0.717) is 0 Å². The third-order valence-corrected chi connectivity index (χ3v) is 4.68. The van der Waals surface area contributed by atoms with Crippen LogP contribution in [0.2, 0.25) is 0 Å². The van der Waals surface area contributed by atoms with E-state index in [1.165, 1.54) is 10.4 Å². The highest BCUT2D eigenvalue weighted by Crippen LogP contribution is 2.15.